The van der Waals surface area contributed by atoms with Crippen LogP contribution in [0.1, 0.15) is 33.7 Å². The van der Waals surface area contributed by atoms with Crippen LogP contribution >= 0.6 is 46.4 Å². The highest BCUT2D eigenvalue weighted by molar-refractivity contribution is 6.42. The molecule has 0 saturated carbocycles. The molecule has 0 radical (unpaired) electrons. The molecular weight excluding hydrogens is 576 g/mol. The molecule has 0 N–H and O–H groups in total. The SMILES string of the molecule is O=C(CN1C(=O)C(Cc2ccc(Cl)c(Cl)c2)c2c(Cc3ccc(Cl)c(Cl)c3)cccc21)OCc1ccccc1. The Morgan fingerprint density at radius 1 is 0.744 bits per heavy atom. The lowest BCUT2D eigenvalue weighted by Gasteiger charge is -2.17. The number of carbonyl (C=O) groups excluding carboxylic acids is 2. The van der Waals surface area contributed by atoms with Crippen molar-refractivity contribution in [2.24, 2.45) is 0 Å². The molecule has 4 aromatic carbocycles. The van der Waals surface area contributed by atoms with Crippen LogP contribution in [0, 0.1) is 0 Å². The van der Waals surface area contributed by atoms with Crippen LogP contribution in [0.4, 0.5) is 5.69 Å². The minimum absolute atomic E-state index is 0.138. The molecule has 1 unspecified atom stereocenters. The van der Waals surface area contributed by atoms with Gasteiger partial charge < -0.3 is 9.64 Å². The van der Waals surface area contributed by atoms with E-state index in [2.05, 4.69) is 0 Å². The van der Waals surface area contributed by atoms with Crippen molar-refractivity contribution in [3.05, 3.63) is 133 Å². The first-order valence-electron chi connectivity index (χ1n) is 12.3. The number of ether oxygens (including phenoxy) is 1. The smallest absolute Gasteiger partial charge is 0.326 e. The highest BCUT2D eigenvalue weighted by Crippen LogP contribution is 2.42. The molecule has 1 heterocycles. The molecule has 0 aliphatic carbocycles. The number of amides is 1. The predicted molar refractivity (Wildman–Crippen MR) is 157 cm³/mol. The monoisotopic (exact) mass is 597 g/mol. The van der Waals surface area contributed by atoms with Gasteiger partial charge in [0.1, 0.15) is 13.2 Å². The van der Waals surface area contributed by atoms with Gasteiger partial charge in [-0.2, -0.15) is 0 Å². The molecule has 1 aliphatic heterocycles. The van der Waals surface area contributed by atoms with Gasteiger partial charge in [0.25, 0.3) is 0 Å². The van der Waals surface area contributed by atoms with Crippen LogP contribution in [0.5, 0.6) is 0 Å². The van der Waals surface area contributed by atoms with E-state index in [1.165, 1.54) is 4.90 Å². The Balaban J connectivity index is 1.46. The van der Waals surface area contributed by atoms with Crippen molar-refractivity contribution in [1.82, 2.24) is 0 Å². The zero-order valence-electron chi connectivity index (χ0n) is 20.7. The van der Waals surface area contributed by atoms with Crippen LogP contribution in [0.2, 0.25) is 20.1 Å². The minimum atomic E-state index is -0.516. The first-order chi connectivity index (χ1) is 18.8. The first kappa shape index (κ1) is 27.5. The second-order valence-corrected chi connectivity index (χ2v) is 11.0. The van der Waals surface area contributed by atoms with Crippen LogP contribution in [0.3, 0.4) is 0 Å². The summed E-state index contributed by atoms with van der Waals surface area (Å²) in [5, 5.41) is 1.81. The number of benzene rings is 4. The Labute approximate surface area is 247 Å². The van der Waals surface area contributed by atoms with Gasteiger partial charge >= 0.3 is 5.97 Å². The van der Waals surface area contributed by atoms with Gasteiger partial charge in [0, 0.05) is 5.69 Å². The zero-order chi connectivity index (χ0) is 27.5. The van der Waals surface area contributed by atoms with E-state index in [0.29, 0.717) is 38.6 Å². The second kappa shape index (κ2) is 12.0. The molecule has 1 atom stereocenters. The summed E-state index contributed by atoms with van der Waals surface area (Å²) in [6.07, 6.45) is 0.939. The second-order valence-electron chi connectivity index (χ2n) is 9.35. The number of nitrogens with zero attached hydrogens (tertiary/aromatic N) is 1. The van der Waals surface area contributed by atoms with Crippen LogP contribution in [-0.4, -0.2) is 18.4 Å². The highest BCUT2D eigenvalue weighted by atomic mass is 35.5. The van der Waals surface area contributed by atoms with Gasteiger partial charge in [-0.3, -0.25) is 9.59 Å². The topological polar surface area (TPSA) is 46.6 Å². The summed E-state index contributed by atoms with van der Waals surface area (Å²) in [5.74, 6) is -1.17. The maximum absolute atomic E-state index is 13.9. The Kier molecular flexibility index (Phi) is 8.49. The largest absolute Gasteiger partial charge is 0.459 e. The average Bonchev–Trinajstić information content (AvgIpc) is 3.19. The molecule has 39 heavy (non-hydrogen) atoms. The van der Waals surface area contributed by atoms with Gasteiger partial charge in [-0.25, -0.2) is 0 Å². The van der Waals surface area contributed by atoms with E-state index in [-0.39, 0.29) is 19.1 Å². The molecule has 0 fully saturated rings. The summed E-state index contributed by atoms with van der Waals surface area (Å²) in [6.45, 7) is -0.0502. The lowest BCUT2D eigenvalue weighted by Crippen LogP contribution is -2.35. The van der Waals surface area contributed by atoms with E-state index in [4.69, 9.17) is 51.1 Å². The summed E-state index contributed by atoms with van der Waals surface area (Å²) >= 11 is 24.8. The van der Waals surface area contributed by atoms with E-state index in [9.17, 15) is 9.59 Å². The third-order valence-corrected chi connectivity index (χ3v) is 8.19. The first-order valence-corrected chi connectivity index (χ1v) is 13.8. The lowest BCUT2D eigenvalue weighted by atomic mass is 9.88. The van der Waals surface area contributed by atoms with Crippen LogP contribution < -0.4 is 4.90 Å². The number of halogens is 4. The van der Waals surface area contributed by atoms with Crippen LogP contribution in [0.25, 0.3) is 0 Å². The van der Waals surface area contributed by atoms with Crippen molar-refractivity contribution in [3.8, 4) is 0 Å². The predicted octanol–water partition coefficient (Wildman–Crippen LogP) is 8.31. The van der Waals surface area contributed by atoms with E-state index in [1.807, 2.05) is 66.7 Å². The van der Waals surface area contributed by atoms with E-state index < -0.39 is 11.9 Å². The fourth-order valence-corrected chi connectivity index (χ4v) is 5.50. The third-order valence-electron chi connectivity index (χ3n) is 6.71. The van der Waals surface area contributed by atoms with E-state index >= 15 is 0 Å². The standard InChI is InChI=1S/C31H23Cl4NO3/c32-24-11-9-20(15-26(24)34)13-22-7-4-8-28-30(22)23(14-21-10-12-25(33)27(35)16-21)31(38)36(28)17-29(37)39-18-19-5-2-1-3-6-19/h1-12,15-16,23H,13-14,17-18H2. The quantitative estimate of drug-likeness (QED) is 0.192. The third kappa shape index (κ3) is 6.26. The lowest BCUT2D eigenvalue weighted by molar-refractivity contribution is -0.144. The highest BCUT2D eigenvalue weighted by Gasteiger charge is 2.40. The fourth-order valence-electron chi connectivity index (χ4n) is 4.86. The molecule has 5 rings (SSSR count). The number of carbonyl (C=O) groups is 2. The summed E-state index contributed by atoms with van der Waals surface area (Å²) in [5.41, 5.74) is 5.23. The van der Waals surface area contributed by atoms with E-state index in [0.717, 1.165) is 27.8 Å². The summed E-state index contributed by atoms with van der Waals surface area (Å²) < 4.78 is 5.49. The normalized spacial score (nSPS) is 14.4. The van der Waals surface area contributed by atoms with Crippen molar-refractivity contribution < 1.29 is 14.3 Å². The molecule has 198 valence electrons. The Morgan fingerprint density at radius 3 is 2.10 bits per heavy atom. The van der Waals surface area contributed by atoms with Gasteiger partial charge in [-0.15, -0.1) is 0 Å². The Morgan fingerprint density at radius 2 is 1.41 bits per heavy atom. The average molecular weight is 599 g/mol. The number of fused-ring (bicyclic) bond motifs is 1. The van der Waals surface area contributed by atoms with E-state index in [1.54, 1.807) is 18.2 Å². The molecule has 1 amide bonds. The van der Waals surface area contributed by atoms with Crippen LogP contribution in [0.15, 0.2) is 84.9 Å². The van der Waals surface area contributed by atoms with Crippen LogP contribution in [-0.2, 0) is 33.8 Å². The molecular formula is C31H23Cl4NO3. The maximum atomic E-state index is 13.9. The number of hydrogen-bond acceptors (Lipinski definition) is 3. The summed E-state index contributed by atoms with van der Waals surface area (Å²) in [4.78, 5) is 28.2. The Hall–Kier alpha value is -3.02. The van der Waals surface area contributed by atoms with Crippen molar-refractivity contribution in [2.75, 3.05) is 11.4 Å². The maximum Gasteiger partial charge on any atom is 0.326 e. The molecule has 4 nitrogen and oxygen atoms in total. The fraction of sp³-hybridized carbons (Fsp3) is 0.161. The summed E-state index contributed by atoms with van der Waals surface area (Å²) in [6, 6.07) is 26.0. The minimum Gasteiger partial charge on any atom is -0.459 e. The number of rotatable bonds is 8. The van der Waals surface area contributed by atoms with Gasteiger partial charge in [0.2, 0.25) is 5.91 Å². The van der Waals surface area contributed by atoms with Crippen molar-refractivity contribution >= 4 is 64.0 Å². The molecule has 0 spiro atoms. The summed E-state index contributed by atoms with van der Waals surface area (Å²) in [7, 11) is 0. The van der Waals surface area contributed by atoms with Crippen molar-refractivity contribution in [2.45, 2.75) is 25.4 Å². The molecule has 0 aromatic heterocycles. The van der Waals surface area contributed by atoms with Gasteiger partial charge in [0.05, 0.1) is 26.0 Å². The number of hydrogen-bond donors (Lipinski definition) is 0. The van der Waals surface area contributed by atoms with Gasteiger partial charge in [0.15, 0.2) is 0 Å². The molecule has 4 aromatic rings. The number of anilines is 1. The van der Waals surface area contributed by atoms with Gasteiger partial charge in [-0.1, -0.05) is 101 Å². The number of esters is 1. The van der Waals surface area contributed by atoms with Crippen molar-refractivity contribution in [1.29, 1.82) is 0 Å². The zero-order valence-corrected chi connectivity index (χ0v) is 23.7. The molecule has 8 heteroatoms. The van der Waals surface area contributed by atoms with Crippen molar-refractivity contribution in [3.63, 3.8) is 0 Å². The Bertz CT molecular complexity index is 1540. The molecule has 0 saturated heterocycles. The molecule has 0 bridgehead atoms. The molecule has 1 aliphatic rings. The van der Waals surface area contributed by atoms with Gasteiger partial charge in [-0.05, 0) is 71.0 Å².